The molecule has 18 heavy (non-hydrogen) atoms. The number of rotatable bonds is 1. The van der Waals surface area contributed by atoms with E-state index in [1.807, 2.05) is 35.7 Å². The Balaban J connectivity index is 2.14. The maximum atomic E-state index is 12.0. The molecular formula is C13H7BrINOS. The summed E-state index contributed by atoms with van der Waals surface area (Å²) in [6.07, 6.45) is 1.94. The highest BCUT2D eigenvalue weighted by molar-refractivity contribution is 14.1. The molecule has 0 atom stereocenters. The van der Waals surface area contributed by atoms with E-state index in [-0.39, 0.29) is 5.91 Å². The molecule has 0 saturated carbocycles. The summed E-state index contributed by atoms with van der Waals surface area (Å²) < 4.78 is 2.14. The van der Waals surface area contributed by atoms with Crippen molar-refractivity contribution in [2.75, 3.05) is 5.32 Å². The van der Waals surface area contributed by atoms with Crippen LogP contribution in [-0.2, 0) is 4.79 Å². The molecule has 1 aromatic heterocycles. The lowest BCUT2D eigenvalue weighted by Gasteiger charge is -1.99. The van der Waals surface area contributed by atoms with Gasteiger partial charge in [-0.3, -0.25) is 4.79 Å². The minimum absolute atomic E-state index is 0.0349. The van der Waals surface area contributed by atoms with Crippen molar-refractivity contribution < 1.29 is 4.79 Å². The van der Waals surface area contributed by atoms with Gasteiger partial charge in [-0.05, 0) is 74.2 Å². The van der Waals surface area contributed by atoms with Gasteiger partial charge in [0.15, 0.2) is 0 Å². The minimum Gasteiger partial charge on any atom is -0.321 e. The van der Waals surface area contributed by atoms with Crippen LogP contribution in [0.2, 0.25) is 0 Å². The largest absolute Gasteiger partial charge is 0.321 e. The van der Waals surface area contributed by atoms with E-state index in [1.165, 1.54) is 0 Å². The molecule has 1 aliphatic rings. The van der Waals surface area contributed by atoms with Crippen LogP contribution in [0.3, 0.4) is 0 Å². The summed E-state index contributed by atoms with van der Waals surface area (Å²) in [7, 11) is 0. The van der Waals surface area contributed by atoms with Gasteiger partial charge < -0.3 is 5.32 Å². The van der Waals surface area contributed by atoms with E-state index in [2.05, 4.69) is 43.8 Å². The van der Waals surface area contributed by atoms with Crippen molar-refractivity contribution in [1.82, 2.24) is 0 Å². The standard InChI is InChI=1S/C13H7BrINOS/c14-10-3-4-18-12(10)6-9-8-5-7(15)1-2-11(8)16-13(9)17/h1-6H,(H,16,17). The van der Waals surface area contributed by atoms with Gasteiger partial charge in [0.2, 0.25) is 0 Å². The fourth-order valence-electron chi connectivity index (χ4n) is 1.84. The van der Waals surface area contributed by atoms with Crippen LogP contribution in [0.15, 0.2) is 34.1 Å². The second kappa shape index (κ2) is 4.79. The molecule has 2 heterocycles. The zero-order chi connectivity index (χ0) is 12.7. The van der Waals surface area contributed by atoms with E-state index in [4.69, 9.17) is 0 Å². The third-order valence-corrected chi connectivity index (χ3v) is 5.17. The Morgan fingerprint density at radius 1 is 1.33 bits per heavy atom. The van der Waals surface area contributed by atoms with E-state index in [1.54, 1.807) is 11.3 Å². The van der Waals surface area contributed by atoms with Crippen molar-refractivity contribution in [2.45, 2.75) is 0 Å². The van der Waals surface area contributed by atoms with Gasteiger partial charge in [0.1, 0.15) is 0 Å². The van der Waals surface area contributed by atoms with Crippen molar-refractivity contribution in [3.8, 4) is 0 Å². The lowest BCUT2D eigenvalue weighted by atomic mass is 10.1. The number of hydrogen-bond acceptors (Lipinski definition) is 2. The molecule has 0 fully saturated rings. The van der Waals surface area contributed by atoms with Gasteiger partial charge in [0.25, 0.3) is 5.91 Å². The lowest BCUT2D eigenvalue weighted by Crippen LogP contribution is -2.03. The first-order valence-corrected chi connectivity index (χ1v) is 7.96. The molecule has 90 valence electrons. The van der Waals surface area contributed by atoms with E-state index < -0.39 is 0 Å². The fourth-order valence-corrected chi connectivity index (χ4v) is 3.75. The molecule has 1 N–H and O–H groups in total. The number of thiophene rings is 1. The van der Waals surface area contributed by atoms with E-state index in [9.17, 15) is 4.79 Å². The molecule has 0 radical (unpaired) electrons. The van der Waals surface area contributed by atoms with Crippen molar-refractivity contribution in [2.24, 2.45) is 0 Å². The average Bonchev–Trinajstić information content (AvgIpc) is 2.86. The molecular weight excluding hydrogens is 425 g/mol. The summed E-state index contributed by atoms with van der Waals surface area (Å²) in [4.78, 5) is 13.0. The average molecular weight is 432 g/mol. The highest BCUT2D eigenvalue weighted by Gasteiger charge is 2.24. The van der Waals surface area contributed by atoms with Crippen molar-refractivity contribution >= 4 is 73.1 Å². The van der Waals surface area contributed by atoms with E-state index >= 15 is 0 Å². The number of benzene rings is 1. The summed E-state index contributed by atoms with van der Waals surface area (Å²) in [5.41, 5.74) is 2.60. The van der Waals surface area contributed by atoms with Gasteiger partial charge in [-0.2, -0.15) is 0 Å². The fraction of sp³-hybridized carbons (Fsp3) is 0. The monoisotopic (exact) mass is 431 g/mol. The molecule has 3 rings (SSSR count). The predicted octanol–water partition coefficient (Wildman–Crippen LogP) is 4.61. The van der Waals surface area contributed by atoms with Crippen LogP contribution in [-0.4, -0.2) is 5.91 Å². The Bertz CT molecular complexity index is 677. The summed E-state index contributed by atoms with van der Waals surface area (Å²) in [5, 5.41) is 4.88. The van der Waals surface area contributed by atoms with Crippen molar-refractivity contribution in [3.63, 3.8) is 0 Å². The number of nitrogens with one attached hydrogen (secondary N) is 1. The van der Waals surface area contributed by atoms with Gasteiger partial charge >= 0.3 is 0 Å². The Hall–Kier alpha value is -0.660. The molecule has 0 unspecified atom stereocenters. The lowest BCUT2D eigenvalue weighted by molar-refractivity contribution is -0.110. The number of carbonyl (C=O) groups excluding carboxylic acids is 1. The van der Waals surface area contributed by atoms with Crippen LogP contribution < -0.4 is 5.32 Å². The number of carbonyl (C=O) groups is 1. The number of halogens is 2. The maximum Gasteiger partial charge on any atom is 0.256 e. The number of anilines is 1. The number of hydrogen-bond donors (Lipinski definition) is 1. The summed E-state index contributed by atoms with van der Waals surface area (Å²) in [6, 6.07) is 7.95. The highest BCUT2D eigenvalue weighted by atomic mass is 127. The topological polar surface area (TPSA) is 29.1 Å². The Morgan fingerprint density at radius 2 is 2.17 bits per heavy atom. The normalized spacial score (nSPS) is 15.9. The Morgan fingerprint density at radius 3 is 2.89 bits per heavy atom. The molecule has 2 nitrogen and oxygen atoms in total. The van der Waals surface area contributed by atoms with Crippen molar-refractivity contribution in [1.29, 1.82) is 0 Å². The molecule has 0 spiro atoms. The smallest absolute Gasteiger partial charge is 0.256 e. The Labute approximate surface area is 130 Å². The predicted molar refractivity (Wildman–Crippen MR) is 87.7 cm³/mol. The Kier molecular flexibility index (Phi) is 3.29. The van der Waals surface area contributed by atoms with Crippen molar-refractivity contribution in [3.05, 3.63) is 48.1 Å². The van der Waals surface area contributed by atoms with E-state index in [0.717, 1.165) is 29.7 Å². The van der Waals surface area contributed by atoms with Crippen LogP contribution in [0.5, 0.6) is 0 Å². The maximum absolute atomic E-state index is 12.0. The zero-order valence-electron chi connectivity index (χ0n) is 9.04. The van der Waals surface area contributed by atoms with Gasteiger partial charge in [-0.15, -0.1) is 11.3 Å². The first-order chi connectivity index (χ1) is 8.65. The van der Waals surface area contributed by atoms with E-state index in [0.29, 0.717) is 0 Å². The van der Waals surface area contributed by atoms with Gasteiger partial charge in [0.05, 0.1) is 5.57 Å². The zero-order valence-corrected chi connectivity index (χ0v) is 13.6. The molecule has 0 aliphatic carbocycles. The second-order valence-corrected chi connectivity index (χ2v) is 6.88. The molecule has 1 amide bonds. The number of amides is 1. The summed E-state index contributed by atoms with van der Waals surface area (Å²) in [6.45, 7) is 0. The first kappa shape index (κ1) is 12.4. The highest BCUT2D eigenvalue weighted by Crippen LogP contribution is 2.36. The third-order valence-electron chi connectivity index (χ3n) is 2.68. The second-order valence-electron chi connectivity index (χ2n) is 3.83. The third kappa shape index (κ3) is 2.15. The van der Waals surface area contributed by atoms with Gasteiger partial charge in [-0.25, -0.2) is 0 Å². The van der Waals surface area contributed by atoms with Crippen LogP contribution in [0.4, 0.5) is 5.69 Å². The molecule has 1 aromatic carbocycles. The van der Waals surface area contributed by atoms with Crippen LogP contribution >= 0.6 is 49.9 Å². The summed E-state index contributed by atoms with van der Waals surface area (Å²) in [5.74, 6) is -0.0349. The molecule has 2 aromatic rings. The van der Waals surface area contributed by atoms with Crippen LogP contribution in [0.1, 0.15) is 10.4 Å². The summed E-state index contributed by atoms with van der Waals surface area (Å²) >= 11 is 7.35. The van der Waals surface area contributed by atoms with Gasteiger partial charge in [0, 0.05) is 24.2 Å². The molecule has 0 saturated heterocycles. The first-order valence-electron chi connectivity index (χ1n) is 5.21. The molecule has 5 heteroatoms. The SMILES string of the molecule is O=C1Nc2ccc(I)cc2C1=Cc1sccc1Br. The quantitative estimate of drug-likeness (QED) is 0.518. The van der Waals surface area contributed by atoms with Crippen LogP contribution in [0, 0.1) is 3.57 Å². The van der Waals surface area contributed by atoms with Crippen LogP contribution in [0.25, 0.3) is 11.6 Å². The molecule has 0 bridgehead atoms. The minimum atomic E-state index is -0.0349. The molecule has 1 aliphatic heterocycles. The van der Waals surface area contributed by atoms with Gasteiger partial charge in [-0.1, -0.05) is 0 Å². The number of fused-ring (bicyclic) bond motifs is 1.